The molecule has 0 radical (unpaired) electrons. The molecule has 1 aromatic rings. The fourth-order valence-corrected chi connectivity index (χ4v) is 1.94. The minimum atomic E-state index is -1.12. The second kappa shape index (κ2) is 6.15. The zero-order valence-electron chi connectivity index (χ0n) is 10.0. The lowest BCUT2D eigenvalue weighted by atomic mass is 10.3. The van der Waals surface area contributed by atoms with Crippen LogP contribution in [-0.4, -0.2) is 35.5 Å². The van der Waals surface area contributed by atoms with Crippen molar-refractivity contribution < 1.29 is 19.5 Å². The fraction of sp³-hybridized carbons (Fsp3) is 0.364. The van der Waals surface area contributed by atoms with E-state index in [-0.39, 0.29) is 12.5 Å². The molecule has 1 atom stereocenters. The maximum absolute atomic E-state index is 11.6. The number of hydrogen-bond donors (Lipinski definition) is 3. The Morgan fingerprint density at radius 3 is 2.56 bits per heavy atom. The molecule has 0 saturated heterocycles. The number of hydrogen-bond acceptors (Lipinski definition) is 4. The summed E-state index contributed by atoms with van der Waals surface area (Å²) in [6.07, 6.45) is 0. The first-order chi connectivity index (χ1) is 8.40. The van der Waals surface area contributed by atoms with E-state index in [0.29, 0.717) is 4.88 Å². The zero-order chi connectivity index (χ0) is 13.7. The predicted molar refractivity (Wildman–Crippen MR) is 66.6 cm³/mol. The van der Waals surface area contributed by atoms with Crippen LogP contribution in [0.1, 0.15) is 21.5 Å². The molecule has 0 unspecified atom stereocenters. The average molecular weight is 270 g/mol. The van der Waals surface area contributed by atoms with E-state index < -0.39 is 17.9 Å². The van der Waals surface area contributed by atoms with Gasteiger partial charge >= 0.3 is 5.97 Å². The molecule has 0 spiro atoms. The van der Waals surface area contributed by atoms with Crippen molar-refractivity contribution in [3.63, 3.8) is 0 Å². The summed E-state index contributed by atoms with van der Waals surface area (Å²) in [5, 5.41) is 13.3. The van der Waals surface area contributed by atoms with Crippen molar-refractivity contribution in [2.75, 3.05) is 6.54 Å². The van der Waals surface area contributed by atoms with Gasteiger partial charge in [-0.1, -0.05) is 0 Å². The summed E-state index contributed by atoms with van der Waals surface area (Å²) < 4.78 is 0. The van der Waals surface area contributed by atoms with Gasteiger partial charge in [0.1, 0.15) is 6.04 Å². The van der Waals surface area contributed by atoms with Crippen LogP contribution >= 0.6 is 11.3 Å². The van der Waals surface area contributed by atoms with E-state index in [0.717, 1.165) is 4.88 Å². The van der Waals surface area contributed by atoms with Gasteiger partial charge in [0.2, 0.25) is 5.91 Å². The zero-order valence-corrected chi connectivity index (χ0v) is 10.8. The number of nitrogens with one attached hydrogen (secondary N) is 2. The molecule has 98 valence electrons. The van der Waals surface area contributed by atoms with Crippen molar-refractivity contribution in [1.82, 2.24) is 10.6 Å². The highest BCUT2D eigenvalue weighted by Gasteiger charge is 2.15. The molecule has 0 aromatic carbocycles. The van der Waals surface area contributed by atoms with Gasteiger partial charge in [-0.3, -0.25) is 14.4 Å². The van der Waals surface area contributed by atoms with E-state index in [1.54, 1.807) is 6.07 Å². The second-order valence-corrected chi connectivity index (χ2v) is 5.01. The van der Waals surface area contributed by atoms with Gasteiger partial charge in [-0.25, -0.2) is 0 Å². The molecule has 18 heavy (non-hydrogen) atoms. The van der Waals surface area contributed by atoms with Crippen molar-refractivity contribution in [3.8, 4) is 0 Å². The van der Waals surface area contributed by atoms with Crippen LogP contribution < -0.4 is 10.6 Å². The maximum Gasteiger partial charge on any atom is 0.325 e. The minimum absolute atomic E-state index is 0.243. The van der Waals surface area contributed by atoms with Crippen molar-refractivity contribution in [1.29, 1.82) is 0 Å². The van der Waals surface area contributed by atoms with Crippen molar-refractivity contribution in [2.24, 2.45) is 0 Å². The Morgan fingerprint density at radius 1 is 1.39 bits per heavy atom. The molecule has 0 saturated carbocycles. The molecule has 1 rings (SSSR count). The van der Waals surface area contributed by atoms with Crippen LogP contribution in [0.25, 0.3) is 0 Å². The Kier molecular flexibility index (Phi) is 4.85. The summed E-state index contributed by atoms with van der Waals surface area (Å²) in [6, 6.07) is 2.51. The number of carboxylic acids is 1. The Morgan fingerprint density at radius 2 is 2.06 bits per heavy atom. The molecule has 1 heterocycles. The van der Waals surface area contributed by atoms with E-state index in [4.69, 9.17) is 5.11 Å². The van der Waals surface area contributed by atoms with Crippen LogP contribution in [0.15, 0.2) is 12.1 Å². The lowest BCUT2D eigenvalue weighted by Gasteiger charge is -2.09. The molecule has 0 bridgehead atoms. The maximum atomic E-state index is 11.6. The molecular weight excluding hydrogens is 256 g/mol. The van der Waals surface area contributed by atoms with Gasteiger partial charge < -0.3 is 15.7 Å². The number of rotatable bonds is 5. The second-order valence-electron chi connectivity index (χ2n) is 3.72. The summed E-state index contributed by atoms with van der Waals surface area (Å²) in [4.78, 5) is 34.9. The van der Waals surface area contributed by atoms with E-state index in [9.17, 15) is 14.4 Å². The topological polar surface area (TPSA) is 95.5 Å². The summed E-state index contributed by atoms with van der Waals surface area (Å²) in [5.74, 6) is -2.00. The molecule has 6 nitrogen and oxygen atoms in total. The van der Waals surface area contributed by atoms with Crippen molar-refractivity contribution >= 4 is 29.1 Å². The van der Waals surface area contributed by atoms with E-state index in [2.05, 4.69) is 10.6 Å². The fourth-order valence-electron chi connectivity index (χ4n) is 1.16. The summed E-state index contributed by atoms with van der Waals surface area (Å²) >= 11 is 1.33. The lowest BCUT2D eigenvalue weighted by Crippen LogP contribution is -2.43. The SMILES string of the molecule is Cc1ccc(C(=O)NCC(=O)N[C@@H](C)C(=O)O)s1. The Balaban J connectivity index is 2.39. The summed E-state index contributed by atoms with van der Waals surface area (Å²) in [6.45, 7) is 2.99. The van der Waals surface area contributed by atoms with Crippen molar-refractivity contribution in [3.05, 3.63) is 21.9 Å². The first-order valence-corrected chi connectivity index (χ1v) is 6.08. The third-order valence-electron chi connectivity index (χ3n) is 2.12. The summed E-state index contributed by atoms with van der Waals surface area (Å²) in [5.41, 5.74) is 0. The number of carbonyl (C=O) groups excluding carboxylic acids is 2. The van der Waals surface area contributed by atoms with Gasteiger partial charge in [-0.2, -0.15) is 0 Å². The van der Waals surface area contributed by atoms with Gasteiger partial charge in [-0.15, -0.1) is 11.3 Å². The molecule has 0 aliphatic rings. The Bertz CT molecular complexity index is 469. The first kappa shape index (κ1) is 14.2. The van der Waals surface area contributed by atoms with E-state index >= 15 is 0 Å². The Hall–Kier alpha value is -1.89. The van der Waals surface area contributed by atoms with Crippen LogP contribution in [-0.2, 0) is 9.59 Å². The highest BCUT2D eigenvalue weighted by atomic mass is 32.1. The normalized spacial score (nSPS) is 11.7. The molecule has 7 heteroatoms. The van der Waals surface area contributed by atoms with E-state index in [1.165, 1.54) is 18.3 Å². The molecule has 0 aliphatic heterocycles. The monoisotopic (exact) mass is 270 g/mol. The number of thiophene rings is 1. The third-order valence-corrected chi connectivity index (χ3v) is 3.12. The van der Waals surface area contributed by atoms with E-state index in [1.807, 2.05) is 13.0 Å². The van der Waals surface area contributed by atoms with Crippen LogP contribution in [0, 0.1) is 6.92 Å². The number of aryl methyl sites for hydroxylation is 1. The number of carbonyl (C=O) groups is 3. The van der Waals surface area contributed by atoms with Crippen LogP contribution in [0.3, 0.4) is 0 Å². The van der Waals surface area contributed by atoms with Crippen molar-refractivity contribution in [2.45, 2.75) is 19.9 Å². The first-order valence-electron chi connectivity index (χ1n) is 5.27. The van der Waals surface area contributed by atoms with Gasteiger partial charge in [0.15, 0.2) is 0 Å². The van der Waals surface area contributed by atoms with Crippen LogP contribution in [0.5, 0.6) is 0 Å². The lowest BCUT2D eigenvalue weighted by molar-refractivity contribution is -0.141. The standard InChI is InChI=1S/C11H14N2O4S/c1-6-3-4-8(18-6)10(15)12-5-9(14)13-7(2)11(16)17/h3-4,7H,5H2,1-2H3,(H,12,15)(H,13,14)(H,16,17)/t7-/m0/s1. The highest BCUT2D eigenvalue weighted by molar-refractivity contribution is 7.13. The Labute approximate surface area is 108 Å². The number of amides is 2. The van der Waals surface area contributed by atoms with Crippen LogP contribution in [0.2, 0.25) is 0 Å². The van der Waals surface area contributed by atoms with Crippen LogP contribution in [0.4, 0.5) is 0 Å². The molecular formula is C11H14N2O4S. The van der Waals surface area contributed by atoms with Gasteiger partial charge in [0.05, 0.1) is 11.4 Å². The molecule has 3 N–H and O–H groups in total. The van der Waals surface area contributed by atoms with Gasteiger partial charge in [-0.05, 0) is 26.0 Å². The average Bonchev–Trinajstić information content (AvgIpc) is 2.72. The molecule has 0 aliphatic carbocycles. The van der Waals surface area contributed by atoms with Gasteiger partial charge in [0.25, 0.3) is 5.91 Å². The third kappa shape index (κ3) is 4.17. The predicted octanol–water partition coefficient (Wildman–Crippen LogP) is 0.376. The number of carboxylic acid groups (broad SMARTS) is 1. The smallest absolute Gasteiger partial charge is 0.325 e. The molecule has 1 aromatic heterocycles. The number of aliphatic carboxylic acids is 1. The highest BCUT2D eigenvalue weighted by Crippen LogP contribution is 2.14. The largest absolute Gasteiger partial charge is 0.480 e. The minimum Gasteiger partial charge on any atom is -0.480 e. The summed E-state index contributed by atoms with van der Waals surface area (Å²) in [7, 11) is 0. The molecule has 2 amide bonds. The quantitative estimate of drug-likeness (QED) is 0.720. The molecule has 0 fully saturated rings. The van der Waals surface area contributed by atoms with Gasteiger partial charge in [0, 0.05) is 4.88 Å².